The monoisotopic (exact) mass is 280 g/mol. The van der Waals surface area contributed by atoms with Gasteiger partial charge in [0, 0.05) is 38.3 Å². The molecule has 2 bridgehead atoms. The van der Waals surface area contributed by atoms with Gasteiger partial charge in [0.25, 0.3) is 0 Å². The number of nitrogens with two attached hydrogens (primary N) is 1. The van der Waals surface area contributed by atoms with Gasteiger partial charge in [-0.1, -0.05) is 0 Å². The fourth-order valence-corrected chi connectivity index (χ4v) is 4.38. The molecule has 3 N–H and O–H groups in total. The Bertz CT molecular complexity index is 373. The van der Waals surface area contributed by atoms with Crippen molar-refractivity contribution < 1.29 is 4.79 Å². The number of piperazine rings is 1. The van der Waals surface area contributed by atoms with Crippen LogP contribution in [0.1, 0.15) is 19.3 Å². The number of rotatable bonds is 3. The van der Waals surface area contributed by atoms with Crippen LogP contribution in [0.3, 0.4) is 0 Å². The lowest BCUT2D eigenvalue weighted by Gasteiger charge is -2.38. The van der Waals surface area contributed by atoms with E-state index in [1.807, 2.05) is 0 Å². The molecule has 5 nitrogen and oxygen atoms in total. The average molecular weight is 280 g/mol. The van der Waals surface area contributed by atoms with Crippen LogP contribution in [0.2, 0.25) is 0 Å². The molecule has 0 aromatic rings. The number of hydrogen-bond acceptors (Lipinski definition) is 4. The molecule has 0 spiro atoms. The fourth-order valence-electron chi connectivity index (χ4n) is 4.38. The molecular weight excluding hydrogens is 252 g/mol. The lowest BCUT2D eigenvalue weighted by atomic mass is 9.84. The molecule has 0 radical (unpaired) electrons. The van der Waals surface area contributed by atoms with Crippen molar-refractivity contribution in [3.63, 3.8) is 0 Å². The lowest BCUT2D eigenvalue weighted by Crippen LogP contribution is -2.55. The zero-order chi connectivity index (χ0) is 14.3. The zero-order valence-corrected chi connectivity index (χ0v) is 12.7. The van der Waals surface area contributed by atoms with Gasteiger partial charge < -0.3 is 16.0 Å². The van der Waals surface area contributed by atoms with Crippen LogP contribution in [-0.2, 0) is 4.79 Å². The molecule has 5 heteroatoms. The Hall–Kier alpha value is -0.650. The maximum atomic E-state index is 12.5. The van der Waals surface area contributed by atoms with Gasteiger partial charge in [0.2, 0.25) is 5.91 Å². The summed E-state index contributed by atoms with van der Waals surface area (Å²) in [6.07, 6.45) is 3.60. The van der Waals surface area contributed by atoms with Crippen molar-refractivity contribution >= 4 is 5.91 Å². The van der Waals surface area contributed by atoms with Gasteiger partial charge in [0.05, 0.1) is 5.92 Å². The number of carbonyl (C=O) groups is 1. The Morgan fingerprint density at radius 1 is 1.25 bits per heavy atom. The third-order valence-electron chi connectivity index (χ3n) is 5.78. The van der Waals surface area contributed by atoms with E-state index in [0.29, 0.717) is 17.9 Å². The summed E-state index contributed by atoms with van der Waals surface area (Å²) in [5.41, 5.74) is 6.24. The number of carbonyl (C=O) groups excluding carboxylic acids is 1. The number of likely N-dealkylation sites (N-methyl/N-ethyl adjacent to an activating group) is 2. The van der Waals surface area contributed by atoms with E-state index in [1.54, 1.807) is 0 Å². The predicted octanol–water partition coefficient (Wildman–Crippen LogP) is -0.278. The summed E-state index contributed by atoms with van der Waals surface area (Å²) in [5.74, 6) is 1.41. The third kappa shape index (κ3) is 2.59. The molecule has 3 fully saturated rings. The normalized spacial score (nSPS) is 42.0. The van der Waals surface area contributed by atoms with Crippen LogP contribution in [-0.4, -0.2) is 68.1 Å². The van der Waals surface area contributed by atoms with E-state index < -0.39 is 0 Å². The minimum absolute atomic E-state index is 0.0698. The highest BCUT2D eigenvalue weighted by atomic mass is 16.2. The second-order valence-electron chi connectivity index (χ2n) is 7.08. The summed E-state index contributed by atoms with van der Waals surface area (Å²) in [7, 11) is 4.29. The Kier molecular flexibility index (Phi) is 4.02. The molecule has 2 saturated carbocycles. The molecule has 3 rings (SSSR count). The van der Waals surface area contributed by atoms with Crippen LogP contribution in [0.15, 0.2) is 0 Å². The molecule has 1 amide bonds. The Morgan fingerprint density at radius 2 is 2.00 bits per heavy atom. The van der Waals surface area contributed by atoms with Crippen LogP contribution >= 0.6 is 0 Å². The number of nitrogens with zero attached hydrogens (tertiary/aromatic N) is 2. The maximum Gasteiger partial charge on any atom is 0.225 e. The topological polar surface area (TPSA) is 61.6 Å². The zero-order valence-electron chi connectivity index (χ0n) is 12.7. The smallest absolute Gasteiger partial charge is 0.225 e. The molecule has 2 aliphatic carbocycles. The quantitative estimate of drug-likeness (QED) is 0.746. The van der Waals surface area contributed by atoms with Crippen molar-refractivity contribution in [2.24, 2.45) is 23.5 Å². The molecule has 5 atom stereocenters. The highest BCUT2D eigenvalue weighted by molar-refractivity contribution is 5.80. The van der Waals surface area contributed by atoms with Crippen LogP contribution in [0.5, 0.6) is 0 Å². The van der Waals surface area contributed by atoms with E-state index >= 15 is 0 Å². The molecule has 1 heterocycles. The minimum atomic E-state index is 0.0698. The van der Waals surface area contributed by atoms with Gasteiger partial charge in [0.1, 0.15) is 0 Å². The van der Waals surface area contributed by atoms with Gasteiger partial charge >= 0.3 is 0 Å². The number of amides is 1. The predicted molar refractivity (Wildman–Crippen MR) is 79.2 cm³/mol. The van der Waals surface area contributed by atoms with Crippen molar-refractivity contribution in [3.05, 3.63) is 0 Å². The first-order valence-electron chi connectivity index (χ1n) is 7.98. The average Bonchev–Trinajstić information content (AvgIpc) is 3.00. The minimum Gasteiger partial charge on any atom is -0.354 e. The molecule has 0 aromatic heterocycles. The summed E-state index contributed by atoms with van der Waals surface area (Å²) in [5, 5.41) is 3.17. The van der Waals surface area contributed by atoms with Crippen molar-refractivity contribution in [1.82, 2.24) is 15.1 Å². The number of hydrogen-bond donors (Lipinski definition) is 2. The van der Waals surface area contributed by atoms with Crippen LogP contribution in [0.25, 0.3) is 0 Å². The van der Waals surface area contributed by atoms with Crippen LogP contribution in [0, 0.1) is 17.8 Å². The summed E-state index contributed by atoms with van der Waals surface area (Å²) < 4.78 is 0. The third-order valence-corrected chi connectivity index (χ3v) is 5.78. The van der Waals surface area contributed by atoms with Crippen LogP contribution < -0.4 is 11.1 Å². The summed E-state index contributed by atoms with van der Waals surface area (Å²) in [6, 6.07) is 0.521. The van der Waals surface area contributed by atoms with E-state index in [1.165, 1.54) is 19.3 Å². The Labute approximate surface area is 121 Å². The van der Waals surface area contributed by atoms with Crippen molar-refractivity contribution in [1.29, 1.82) is 0 Å². The van der Waals surface area contributed by atoms with Gasteiger partial charge in [-0.05, 0) is 45.2 Å². The highest BCUT2D eigenvalue weighted by Gasteiger charge is 2.49. The summed E-state index contributed by atoms with van der Waals surface area (Å²) in [6.45, 7) is 3.96. The molecule has 0 aromatic carbocycles. The van der Waals surface area contributed by atoms with E-state index in [2.05, 4.69) is 29.2 Å². The number of fused-ring (bicyclic) bond motifs is 2. The molecule has 20 heavy (non-hydrogen) atoms. The van der Waals surface area contributed by atoms with E-state index in [4.69, 9.17) is 5.73 Å². The van der Waals surface area contributed by atoms with Crippen molar-refractivity contribution in [2.75, 3.05) is 40.3 Å². The summed E-state index contributed by atoms with van der Waals surface area (Å²) >= 11 is 0. The number of nitrogens with one attached hydrogen (secondary N) is 1. The van der Waals surface area contributed by atoms with E-state index in [-0.39, 0.29) is 17.9 Å². The molecule has 114 valence electrons. The maximum absolute atomic E-state index is 12.5. The van der Waals surface area contributed by atoms with Gasteiger partial charge in [0.15, 0.2) is 0 Å². The second kappa shape index (κ2) is 5.62. The van der Waals surface area contributed by atoms with Gasteiger partial charge in [-0.2, -0.15) is 0 Å². The standard InChI is InChI=1S/C15H28N4O/c1-18-5-6-19(2)12(9-18)8-17-15(20)13-10-3-4-11(7-10)14(13)16/h10-14H,3-9,16H2,1-2H3,(H,17,20). The Morgan fingerprint density at radius 3 is 2.70 bits per heavy atom. The SMILES string of the molecule is CN1CCN(C)C(CNC(=O)C2C3CCC(C3)C2N)C1. The molecule has 1 aliphatic heterocycles. The molecule has 3 aliphatic rings. The van der Waals surface area contributed by atoms with E-state index in [0.717, 1.165) is 26.2 Å². The highest BCUT2D eigenvalue weighted by Crippen LogP contribution is 2.47. The second-order valence-corrected chi connectivity index (χ2v) is 7.08. The van der Waals surface area contributed by atoms with Gasteiger partial charge in [-0.25, -0.2) is 0 Å². The largest absolute Gasteiger partial charge is 0.354 e. The van der Waals surface area contributed by atoms with Gasteiger partial charge in [-0.3, -0.25) is 9.69 Å². The molecular formula is C15H28N4O. The Balaban J connectivity index is 1.52. The van der Waals surface area contributed by atoms with E-state index in [9.17, 15) is 4.79 Å². The first kappa shape index (κ1) is 14.3. The van der Waals surface area contributed by atoms with Gasteiger partial charge in [-0.15, -0.1) is 0 Å². The first-order valence-corrected chi connectivity index (χ1v) is 7.98. The lowest BCUT2D eigenvalue weighted by molar-refractivity contribution is -0.127. The summed E-state index contributed by atoms with van der Waals surface area (Å²) in [4.78, 5) is 17.1. The molecule has 5 unspecified atom stereocenters. The van der Waals surface area contributed by atoms with Crippen LogP contribution in [0.4, 0.5) is 0 Å². The van der Waals surface area contributed by atoms with Crippen molar-refractivity contribution in [2.45, 2.75) is 31.3 Å². The molecule has 1 saturated heterocycles. The first-order chi connectivity index (χ1) is 9.56. The fraction of sp³-hybridized carbons (Fsp3) is 0.933. The van der Waals surface area contributed by atoms with Crippen molar-refractivity contribution in [3.8, 4) is 0 Å².